The number of aliphatic hydroxyl groups is 1. The van der Waals surface area contributed by atoms with Gasteiger partial charge in [0, 0.05) is 23.5 Å². The van der Waals surface area contributed by atoms with Crippen molar-refractivity contribution in [2.24, 2.45) is 5.92 Å². The van der Waals surface area contributed by atoms with Crippen LogP contribution in [0.1, 0.15) is 19.3 Å². The SMILES string of the molecule is COc1cccc2c(NCC3CCC(O)C3)nccc12. The zero-order valence-corrected chi connectivity index (χ0v) is 11.7. The molecular weight excluding hydrogens is 252 g/mol. The first-order valence-electron chi connectivity index (χ1n) is 7.11. The Balaban J connectivity index is 1.81. The minimum absolute atomic E-state index is 0.123. The lowest BCUT2D eigenvalue weighted by Gasteiger charge is -2.14. The molecule has 1 fully saturated rings. The predicted molar refractivity (Wildman–Crippen MR) is 80.1 cm³/mol. The van der Waals surface area contributed by atoms with Crippen LogP contribution >= 0.6 is 0 Å². The number of benzene rings is 1. The van der Waals surface area contributed by atoms with Crippen LogP contribution in [0, 0.1) is 5.92 Å². The molecular formula is C16H20N2O2. The van der Waals surface area contributed by atoms with Crippen LogP contribution in [0.2, 0.25) is 0 Å². The molecule has 0 amide bonds. The number of aliphatic hydroxyl groups excluding tert-OH is 1. The number of nitrogens with zero attached hydrogens (tertiary/aromatic N) is 1. The number of fused-ring (bicyclic) bond motifs is 1. The van der Waals surface area contributed by atoms with E-state index in [-0.39, 0.29) is 6.10 Å². The Morgan fingerprint density at radius 3 is 2.95 bits per heavy atom. The molecule has 0 saturated heterocycles. The van der Waals surface area contributed by atoms with Crippen molar-refractivity contribution in [3.05, 3.63) is 30.5 Å². The lowest BCUT2D eigenvalue weighted by molar-refractivity contribution is 0.178. The monoisotopic (exact) mass is 272 g/mol. The van der Waals surface area contributed by atoms with Crippen molar-refractivity contribution in [1.82, 2.24) is 4.98 Å². The van der Waals surface area contributed by atoms with Gasteiger partial charge in [0.2, 0.25) is 0 Å². The maximum atomic E-state index is 9.58. The summed E-state index contributed by atoms with van der Waals surface area (Å²) in [5, 5.41) is 15.1. The van der Waals surface area contributed by atoms with Gasteiger partial charge in [-0.2, -0.15) is 0 Å². The molecule has 2 atom stereocenters. The van der Waals surface area contributed by atoms with Gasteiger partial charge < -0.3 is 15.2 Å². The number of rotatable bonds is 4. The molecule has 1 aliphatic rings. The number of anilines is 1. The second-order valence-corrected chi connectivity index (χ2v) is 5.43. The third-order valence-corrected chi connectivity index (χ3v) is 4.06. The van der Waals surface area contributed by atoms with Crippen LogP contribution in [-0.2, 0) is 0 Å². The van der Waals surface area contributed by atoms with Crippen molar-refractivity contribution >= 4 is 16.6 Å². The molecule has 1 aromatic heterocycles. The molecule has 0 bridgehead atoms. The molecule has 20 heavy (non-hydrogen) atoms. The van der Waals surface area contributed by atoms with Gasteiger partial charge in [-0.25, -0.2) is 4.98 Å². The molecule has 1 aromatic carbocycles. The first kappa shape index (κ1) is 13.2. The molecule has 1 heterocycles. The van der Waals surface area contributed by atoms with Gasteiger partial charge in [0.25, 0.3) is 0 Å². The average molecular weight is 272 g/mol. The summed E-state index contributed by atoms with van der Waals surface area (Å²) in [7, 11) is 1.68. The molecule has 0 aliphatic heterocycles. The van der Waals surface area contributed by atoms with Crippen molar-refractivity contribution in [2.75, 3.05) is 19.0 Å². The highest BCUT2D eigenvalue weighted by molar-refractivity contribution is 5.95. The largest absolute Gasteiger partial charge is 0.496 e. The van der Waals surface area contributed by atoms with E-state index in [2.05, 4.69) is 16.4 Å². The first-order chi connectivity index (χ1) is 9.78. The molecule has 2 unspecified atom stereocenters. The zero-order valence-electron chi connectivity index (χ0n) is 11.7. The molecule has 4 nitrogen and oxygen atoms in total. The fourth-order valence-corrected chi connectivity index (χ4v) is 2.97. The summed E-state index contributed by atoms with van der Waals surface area (Å²) in [6.45, 7) is 0.861. The number of nitrogens with one attached hydrogen (secondary N) is 1. The summed E-state index contributed by atoms with van der Waals surface area (Å²) in [6, 6.07) is 7.96. The normalized spacial score (nSPS) is 22.1. The highest BCUT2D eigenvalue weighted by atomic mass is 16.5. The van der Waals surface area contributed by atoms with E-state index in [0.29, 0.717) is 5.92 Å². The van der Waals surface area contributed by atoms with Gasteiger partial charge >= 0.3 is 0 Å². The van der Waals surface area contributed by atoms with Crippen LogP contribution in [0.25, 0.3) is 10.8 Å². The Morgan fingerprint density at radius 2 is 2.20 bits per heavy atom. The molecule has 4 heteroatoms. The van der Waals surface area contributed by atoms with Crippen LogP contribution in [0.5, 0.6) is 5.75 Å². The van der Waals surface area contributed by atoms with E-state index in [1.54, 1.807) is 13.3 Å². The summed E-state index contributed by atoms with van der Waals surface area (Å²) >= 11 is 0. The van der Waals surface area contributed by atoms with Gasteiger partial charge in [-0.3, -0.25) is 0 Å². The van der Waals surface area contributed by atoms with Crippen LogP contribution in [0.4, 0.5) is 5.82 Å². The number of methoxy groups -OCH3 is 1. The maximum Gasteiger partial charge on any atom is 0.133 e. The van der Waals surface area contributed by atoms with Gasteiger partial charge in [0.1, 0.15) is 11.6 Å². The lowest BCUT2D eigenvalue weighted by Crippen LogP contribution is -2.13. The van der Waals surface area contributed by atoms with E-state index in [1.165, 1.54) is 0 Å². The van der Waals surface area contributed by atoms with Gasteiger partial charge in [-0.05, 0) is 37.3 Å². The van der Waals surface area contributed by atoms with Gasteiger partial charge in [0.05, 0.1) is 13.2 Å². The minimum Gasteiger partial charge on any atom is -0.496 e. The molecule has 3 rings (SSSR count). The van der Waals surface area contributed by atoms with Gasteiger partial charge in [-0.15, -0.1) is 0 Å². The van der Waals surface area contributed by atoms with Crippen LogP contribution in [-0.4, -0.2) is 29.8 Å². The number of pyridine rings is 1. The van der Waals surface area contributed by atoms with Crippen LogP contribution in [0.3, 0.4) is 0 Å². The van der Waals surface area contributed by atoms with Crippen molar-refractivity contribution in [3.8, 4) is 5.75 Å². The number of hydrogen-bond donors (Lipinski definition) is 2. The Bertz CT molecular complexity index is 600. The van der Waals surface area contributed by atoms with Crippen LogP contribution in [0.15, 0.2) is 30.5 Å². The fraction of sp³-hybridized carbons (Fsp3) is 0.438. The minimum atomic E-state index is -0.123. The van der Waals surface area contributed by atoms with E-state index in [9.17, 15) is 5.11 Å². The molecule has 0 radical (unpaired) electrons. The number of ether oxygens (including phenoxy) is 1. The van der Waals surface area contributed by atoms with Crippen molar-refractivity contribution in [3.63, 3.8) is 0 Å². The number of aromatic nitrogens is 1. The Morgan fingerprint density at radius 1 is 1.30 bits per heavy atom. The third-order valence-electron chi connectivity index (χ3n) is 4.06. The molecule has 2 aromatic rings. The zero-order chi connectivity index (χ0) is 13.9. The summed E-state index contributed by atoms with van der Waals surface area (Å²) < 4.78 is 5.39. The van der Waals surface area contributed by atoms with E-state index >= 15 is 0 Å². The molecule has 1 aliphatic carbocycles. The van der Waals surface area contributed by atoms with Gasteiger partial charge in [0.15, 0.2) is 0 Å². The predicted octanol–water partition coefficient (Wildman–Crippen LogP) is 2.82. The summed E-state index contributed by atoms with van der Waals surface area (Å²) in [5.41, 5.74) is 0. The third kappa shape index (κ3) is 2.56. The van der Waals surface area contributed by atoms with E-state index in [0.717, 1.165) is 48.1 Å². The Hall–Kier alpha value is -1.81. The van der Waals surface area contributed by atoms with E-state index in [1.807, 2.05) is 18.2 Å². The summed E-state index contributed by atoms with van der Waals surface area (Å²) in [5.74, 6) is 2.29. The van der Waals surface area contributed by atoms with Crippen molar-refractivity contribution in [2.45, 2.75) is 25.4 Å². The standard InChI is InChI=1S/C16H20N2O2/c1-20-15-4-2-3-14-13(15)7-8-17-16(14)18-10-11-5-6-12(19)9-11/h2-4,7-8,11-12,19H,5-6,9-10H2,1H3,(H,17,18). The second-order valence-electron chi connectivity index (χ2n) is 5.43. The topological polar surface area (TPSA) is 54.4 Å². The van der Waals surface area contributed by atoms with E-state index in [4.69, 9.17) is 4.74 Å². The Labute approximate surface area is 118 Å². The maximum absolute atomic E-state index is 9.58. The van der Waals surface area contributed by atoms with E-state index < -0.39 is 0 Å². The summed E-state index contributed by atoms with van der Waals surface area (Å²) in [6.07, 6.45) is 4.57. The van der Waals surface area contributed by atoms with Gasteiger partial charge in [-0.1, -0.05) is 12.1 Å². The first-order valence-corrected chi connectivity index (χ1v) is 7.11. The fourth-order valence-electron chi connectivity index (χ4n) is 2.97. The van der Waals surface area contributed by atoms with Crippen molar-refractivity contribution < 1.29 is 9.84 Å². The number of hydrogen-bond acceptors (Lipinski definition) is 4. The Kier molecular flexibility index (Phi) is 3.74. The second kappa shape index (κ2) is 5.67. The lowest BCUT2D eigenvalue weighted by atomic mass is 10.1. The molecule has 2 N–H and O–H groups in total. The highest BCUT2D eigenvalue weighted by Crippen LogP contribution is 2.30. The molecule has 1 saturated carbocycles. The smallest absolute Gasteiger partial charge is 0.133 e. The summed E-state index contributed by atoms with van der Waals surface area (Å²) in [4.78, 5) is 4.43. The van der Waals surface area contributed by atoms with Crippen molar-refractivity contribution in [1.29, 1.82) is 0 Å². The molecule has 106 valence electrons. The quantitative estimate of drug-likeness (QED) is 0.898. The molecule has 0 spiro atoms. The van der Waals surface area contributed by atoms with Crippen LogP contribution < -0.4 is 10.1 Å². The highest BCUT2D eigenvalue weighted by Gasteiger charge is 2.22. The average Bonchev–Trinajstić information content (AvgIpc) is 2.90.